The van der Waals surface area contributed by atoms with Crippen LogP contribution in [0.15, 0.2) is 12.5 Å². The van der Waals surface area contributed by atoms with Crippen LogP contribution in [0.1, 0.15) is 123 Å². The molecule has 0 radical (unpaired) electrons. The number of aromatic nitrogens is 2. The van der Waals surface area contributed by atoms with Crippen molar-refractivity contribution in [1.82, 2.24) is 25.1 Å². The first-order chi connectivity index (χ1) is 27.5. The zero-order valence-corrected chi connectivity index (χ0v) is 33.1. The number of imidazole rings is 1. The number of hydrogen-bond donors (Lipinski definition) is 3. The highest BCUT2D eigenvalue weighted by Gasteiger charge is 2.73. The minimum atomic E-state index is -4.84. The van der Waals surface area contributed by atoms with E-state index in [1.807, 2.05) is 20.8 Å². The molecule has 4 bridgehead atoms. The molecular formula is C37H48F9N5O9. The molecule has 338 valence electrons. The topological polar surface area (TPSA) is 163 Å². The first kappa shape index (κ1) is 44.6. The second-order valence-corrected chi connectivity index (χ2v) is 18.7. The number of ether oxygens (including phenoxy) is 5. The molecule has 9 aliphatic rings. The Morgan fingerprint density at radius 3 is 1.45 bits per heavy atom. The van der Waals surface area contributed by atoms with Crippen molar-refractivity contribution < 1.29 is 82.7 Å². The number of hydrogen-bond acceptors (Lipinski definition) is 9. The Morgan fingerprint density at radius 1 is 0.700 bits per heavy atom. The molecule has 60 heavy (non-hydrogen) atoms. The van der Waals surface area contributed by atoms with Gasteiger partial charge in [0.25, 0.3) is 0 Å². The Morgan fingerprint density at radius 2 is 1.12 bits per heavy atom. The van der Waals surface area contributed by atoms with Gasteiger partial charge in [0.2, 0.25) is 11.8 Å². The lowest BCUT2D eigenvalue weighted by atomic mass is 9.43. The molecule has 14 nitrogen and oxygen atoms in total. The molecule has 10 rings (SSSR count). The van der Waals surface area contributed by atoms with E-state index in [2.05, 4.69) is 29.8 Å². The maximum absolute atomic E-state index is 12.8. The van der Waals surface area contributed by atoms with E-state index in [9.17, 15) is 59.0 Å². The zero-order valence-electron chi connectivity index (χ0n) is 33.1. The summed E-state index contributed by atoms with van der Waals surface area (Å²) in [6, 6.07) is 0. The van der Waals surface area contributed by atoms with Gasteiger partial charge in [0.05, 0.1) is 23.1 Å². The lowest BCUT2D eigenvalue weighted by Gasteiger charge is -2.74. The zero-order chi connectivity index (χ0) is 44.1. The Kier molecular flexibility index (Phi) is 10.6. The minimum Gasteiger partial charge on any atom is -0.465 e. The largest absolute Gasteiger partial charge is 0.524 e. The molecule has 0 atom stereocenters. The van der Waals surface area contributed by atoms with Gasteiger partial charge in [0, 0.05) is 48.5 Å². The number of carbonyl (C=O) groups is 3. The summed E-state index contributed by atoms with van der Waals surface area (Å²) < 4.78 is 138. The normalized spacial score (nSPS) is 31.4. The van der Waals surface area contributed by atoms with E-state index < -0.39 is 89.5 Å². The van der Waals surface area contributed by atoms with Crippen molar-refractivity contribution in [3.8, 4) is 0 Å². The van der Waals surface area contributed by atoms with Crippen LogP contribution in [0.5, 0.6) is 0 Å². The number of rotatable bonds is 14. The van der Waals surface area contributed by atoms with Crippen LogP contribution in [0.25, 0.3) is 0 Å². The fraction of sp³-hybridized carbons (Fsp3) is 0.838. The third-order valence-corrected chi connectivity index (χ3v) is 13.0. The summed E-state index contributed by atoms with van der Waals surface area (Å²) in [5.74, 6) is -4.60. The predicted octanol–water partition coefficient (Wildman–Crippen LogP) is 6.97. The lowest BCUT2D eigenvalue weighted by molar-refractivity contribution is -0.433. The summed E-state index contributed by atoms with van der Waals surface area (Å²) in [5, 5.41) is 15.1. The molecule has 0 aromatic carbocycles. The third-order valence-electron chi connectivity index (χ3n) is 13.0. The molecule has 1 heterocycles. The molecule has 1 aromatic heterocycles. The van der Waals surface area contributed by atoms with Crippen molar-refractivity contribution in [3.63, 3.8) is 0 Å². The fourth-order valence-corrected chi connectivity index (χ4v) is 10.4. The van der Waals surface area contributed by atoms with Crippen LogP contribution in [0.4, 0.5) is 44.3 Å². The van der Waals surface area contributed by atoms with Gasteiger partial charge in [0.15, 0.2) is 11.6 Å². The average Bonchev–Trinajstić information content (AvgIpc) is 3.45. The first-order valence-corrected chi connectivity index (χ1v) is 19.7. The van der Waals surface area contributed by atoms with Gasteiger partial charge in [0.1, 0.15) is 18.8 Å². The molecule has 0 saturated heterocycles. The average molecular weight is 878 g/mol. The molecular weight excluding hydrogens is 829 g/mol. The summed E-state index contributed by atoms with van der Waals surface area (Å²) >= 11 is 0. The van der Waals surface area contributed by atoms with Gasteiger partial charge in [-0.15, -0.1) is 39.5 Å². The van der Waals surface area contributed by atoms with Gasteiger partial charge in [-0.1, -0.05) is 0 Å². The molecule has 9 aliphatic carbocycles. The number of carboxylic acid groups (broad SMARTS) is 1. The summed E-state index contributed by atoms with van der Waals surface area (Å²) in [5.41, 5.74) is -3.54. The van der Waals surface area contributed by atoms with Crippen LogP contribution in [0.2, 0.25) is 0 Å². The van der Waals surface area contributed by atoms with Crippen molar-refractivity contribution in [2.45, 2.75) is 181 Å². The van der Waals surface area contributed by atoms with E-state index in [4.69, 9.17) is 9.47 Å². The molecule has 0 unspecified atom stereocenters. The Hall–Kier alpha value is -3.41. The van der Waals surface area contributed by atoms with Gasteiger partial charge in [-0.25, -0.2) is 9.78 Å². The molecule has 3 N–H and O–H groups in total. The number of carbonyl (C=O) groups excluding carboxylic acids is 2. The quantitative estimate of drug-likeness (QED) is 0.132. The maximum Gasteiger partial charge on any atom is 0.524 e. The van der Waals surface area contributed by atoms with Gasteiger partial charge in [-0.2, -0.15) is 0 Å². The van der Waals surface area contributed by atoms with E-state index in [0.717, 1.165) is 0 Å². The Balaban J connectivity index is 0.000000186. The van der Waals surface area contributed by atoms with E-state index in [1.54, 1.807) is 10.8 Å². The van der Waals surface area contributed by atoms with Crippen molar-refractivity contribution in [2.75, 3.05) is 13.2 Å². The van der Waals surface area contributed by atoms with Crippen molar-refractivity contribution in [2.24, 2.45) is 0 Å². The van der Waals surface area contributed by atoms with E-state index in [-0.39, 0.29) is 49.8 Å². The minimum absolute atomic E-state index is 0.0660. The summed E-state index contributed by atoms with van der Waals surface area (Å²) in [6.07, 6.45) is -6.66. The standard InChI is InChI=1S/C20H23F6N3O4.C17H25F3N2O5/c21-19(22,23)32-17(3-1-4-17)13-7-29(12-27-13)16-9-15(10-16,11-16)28-14(30)8-31-18(5-2-6-18)33-20(24,25)26;1-13(2,3)22(12(24)25)15-8-14(9-15,10-15)21-11(23)7-26-16(5-4-6-16)27-17(18,19)20/h7,12H,1-6,8-11H2,(H,28,30);4-10H2,1-3H3,(H,21,23)(H,24,25). The highest BCUT2D eigenvalue weighted by atomic mass is 19.4. The van der Waals surface area contributed by atoms with Crippen LogP contribution < -0.4 is 10.6 Å². The second kappa shape index (κ2) is 14.3. The molecule has 3 amide bonds. The van der Waals surface area contributed by atoms with Crippen LogP contribution in [-0.4, -0.2) is 103 Å². The predicted molar refractivity (Wildman–Crippen MR) is 184 cm³/mol. The smallest absolute Gasteiger partial charge is 0.465 e. The number of nitrogens with zero attached hydrogens (tertiary/aromatic N) is 3. The van der Waals surface area contributed by atoms with Gasteiger partial charge in [-0.3, -0.25) is 28.7 Å². The van der Waals surface area contributed by atoms with Gasteiger partial charge < -0.3 is 29.8 Å². The Labute approximate surface area is 338 Å². The van der Waals surface area contributed by atoms with Crippen molar-refractivity contribution in [3.05, 3.63) is 18.2 Å². The number of halogens is 9. The molecule has 9 saturated carbocycles. The fourth-order valence-electron chi connectivity index (χ4n) is 10.4. The second-order valence-electron chi connectivity index (χ2n) is 18.7. The molecule has 23 heteroatoms. The number of amides is 3. The van der Waals surface area contributed by atoms with E-state index in [1.165, 1.54) is 11.2 Å². The van der Waals surface area contributed by atoms with Crippen LogP contribution in [-0.2, 0) is 44.4 Å². The van der Waals surface area contributed by atoms with Gasteiger partial charge in [-0.05, 0) is 91.4 Å². The SMILES string of the molecule is CC(C)(C)N(C(=O)O)C12CC(NC(=O)COC3(OC(F)(F)F)CCC3)(C1)C2.O=C(COC1(OC(F)(F)F)CCC1)NC12CC(n3cnc(C4(OC(F)(F)F)CCC4)c3)(C1)C2. The number of alkyl halides is 9. The van der Waals surface area contributed by atoms with Gasteiger partial charge >= 0.3 is 25.2 Å². The van der Waals surface area contributed by atoms with Crippen molar-refractivity contribution >= 4 is 17.9 Å². The monoisotopic (exact) mass is 877 g/mol. The van der Waals surface area contributed by atoms with Crippen LogP contribution >= 0.6 is 0 Å². The molecule has 0 aliphatic heterocycles. The highest BCUT2D eigenvalue weighted by molar-refractivity contribution is 5.80. The Bertz CT molecular complexity index is 1790. The summed E-state index contributed by atoms with van der Waals surface area (Å²) in [4.78, 5) is 41.6. The maximum atomic E-state index is 12.8. The number of nitrogens with one attached hydrogen (secondary N) is 2. The van der Waals surface area contributed by atoms with Crippen LogP contribution in [0, 0.1) is 0 Å². The van der Waals surface area contributed by atoms with E-state index >= 15 is 0 Å². The molecule has 0 spiro atoms. The lowest BCUT2D eigenvalue weighted by Crippen LogP contribution is -2.86. The molecule has 9 fully saturated rings. The van der Waals surface area contributed by atoms with E-state index in [0.29, 0.717) is 57.8 Å². The third kappa shape index (κ3) is 8.78. The first-order valence-electron chi connectivity index (χ1n) is 19.7. The van der Waals surface area contributed by atoms with Crippen molar-refractivity contribution in [1.29, 1.82) is 0 Å². The summed E-state index contributed by atoms with van der Waals surface area (Å²) in [6.45, 7) is 4.39. The summed E-state index contributed by atoms with van der Waals surface area (Å²) in [7, 11) is 0. The van der Waals surface area contributed by atoms with Crippen LogP contribution in [0.3, 0.4) is 0 Å². The highest BCUT2D eigenvalue weighted by Crippen LogP contribution is 2.66. The molecule has 1 aromatic rings.